The largest absolute Gasteiger partial charge is 0.354 e. The summed E-state index contributed by atoms with van der Waals surface area (Å²) in [6.07, 6.45) is 1.03. The number of amides is 2. The van der Waals surface area contributed by atoms with Crippen LogP contribution in [-0.4, -0.2) is 29.4 Å². The van der Waals surface area contributed by atoms with Gasteiger partial charge in [0.25, 0.3) is 0 Å². The Labute approximate surface area is 160 Å². The van der Waals surface area contributed by atoms with E-state index in [4.69, 9.17) is 0 Å². The molecule has 1 aromatic heterocycles. The smallest absolute Gasteiger partial charge is 0.242 e. The Balaban J connectivity index is 1.64. The van der Waals surface area contributed by atoms with Crippen LogP contribution >= 0.6 is 0 Å². The number of rotatable bonds is 5. The van der Waals surface area contributed by atoms with Gasteiger partial charge in [-0.25, -0.2) is 8.78 Å². The molecule has 144 valence electrons. The lowest BCUT2D eigenvalue weighted by molar-refractivity contribution is -0.127. The highest BCUT2D eigenvalue weighted by molar-refractivity contribution is 5.92. The molecule has 1 unspecified atom stereocenters. The first-order valence-electron chi connectivity index (χ1n) is 9.15. The molecule has 2 amide bonds. The molecule has 3 aromatic rings. The van der Waals surface area contributed by atoms with E-state index in [0.29, 0.717) is 30.5 Å². The molecule has 7 heteroatoms. The number of H-pyrrole nitrogens is 1. The van der Waals surface area contributed by atoms with E-state index in [9.17, 15) is 18.4 Å². The molecule has 1 saturated heterocycles. The summed E-state index contributed by atoms with van der Waals surface area (Å²) >= 11 is 0. The number of carbonyl (C=O) groups excluding carboxylic acids is 2. The average molecular weight is 383 g/mol. The molecule has 3 N–H and O–H groups in total. The number of benzene rings is 2. The van der Waals surface area contributed by atoms with Crippen LogP contribution in [0.4, 0.5) is 8.78 Å². The first-order chi connectivity index (χ1) is 13.5. The molecule has 0 saturated carbocycles. The summed E-state index contributed by atoms with van der Waals surface area (Å²) in [5.74, 6) is -2.29. The van der Waals surface area contributed by atoms with Crippen LogP contribution in [0.1, 0.15) is 18.4 Å². The van der Waals surface area contributed by atoms with Gasteiger partial charge in [0, 0.05) is 24.0 Å². The van der Waals surface area contributed by atoms with E-state index in [0.717, 1.165) is 17.2 Å². The number of carbonyl (C=O) groups is 2. The third kappa shape index (κ3) is 3.35. The lowest BCUT2D eigenvalue weighted by Gasteiger charge is -2.10. The van der Waals surface area contributed by atoms with Crippen molar-refractivity contribution in [3.8, 4) is 11.3 Å². The lowest BCUT2D eigenvalue weighted by atomic mass is 10.0. The molecule has 0 radical (unpaired) electrons. The first kappa shape index (κ1) is 18.2. The molecule has 2 heterocycles. The standard InChI is InChI=1S/C21H19F2N3O2/c22-15-8-6-14-13(7-9-17(27)25-16-10-11-24-21(16)28)19(26-20(14)18(15)23)12-4-2-1-3-5-12/h1-6,8,16,26H,7,9-11H2,(H,24,28)(H,25,27). The summed E-state index contributed by atoms with van der Waals surface area (Å²) in [5.41, 5.74) is 2.31. The Hall–Kier alpha value is -3.22. The van der Waals surface area contributed by atoms with Crippen LogP contribution in [0.5, 0.6) is 0 Å². The number of hydrogen-bond donors (Lipinski definition) is 3. The van der Waals surface area contributed by atoms with E-state index in [1.165, 1.54) is 6.07 Å². The van der Waals surface area contributed by atoms with Gasteiger partial charge in [0.2, 0.25) is 11.8 Å². The normalized spacial score (nSPS) is 16.4. The van der Waals surface area contributed by atoms with E-state index in [1.54, 1.807) is 0 Å². The van der Waals surface area contributed by atoms with Crippen molar-refractivity contribution in [1.82, 2.24) is 15.6 Å². The molecular weight excluding hydrogens is 364 g/mol. The van der Waals surface area contributed by atoms with Crippen LogP contribution in [0.3, 0.4) is 0 Å². The predicted molar refractivity (Wildman–Crippen MR) is 102 cm³/mol. The molecule has 5 nitrogen and oxygen atoms in total. The fraction of sp³-hybridized carbons (Fsp3) is 0.238. The maximum absolute atomic E-state index is 14.3. The molecule has 1 aliphatic rings. The van der Waals surface area contributed by atoms with Crippen LogP contribution in [0.2, 0.25) is 0 Å². The van der Waals surface area contributed by atoms with Crippen LogP contribution in [-0.2, 0) is 16.0 Å². The minimum Gasteiger partial charge on any atom is -0.354 e. The number of fused-ring (bicyclic) bond motifs is 1. The summed E-state index contributed by atoms with van der Waals surface area (Å²) in [7, 11) is 0. The monoisotopic (exact) mass is 383 g/mol. The highest BCUT2D eigenvalue weighted by Crippen LogP contribution is 2.33. The van der Waals surface area contributed by atoms with E-state index >= 15 is 0 Å². The van der Waals surface area contributed by atoms with Gasteiger partial charge in [-0.15, -0.1) is 0 Å². The van der Waals surface area contributed by atoms with Gasteiger partial charge >= 0.3 is 0 Å². The predicted octanol–water partition coefficient (Wildman–Crippen LogP) is 3.05. The van der Waals surface area contributed by atoms with Gasteiger partial charge in [-0.2, -0.15) is 0 Å². The van der Waals surface area contributed by atoms with Crippen molar-refractivity contribution in [3.63, 3.8) is 0 Å². The fourth-order valence-corrected chi connectivity index (χ4v) is 3.61. The average Bonchev–Trinajstić information content (AvgIpc) is 3.27. The summed E-state index contributed by atoms with van der Waals surface area (Å²) in [4.78, 5) is 26.9. The number of aromatic nitrogens is 1. The van der Waals surface area contributed by atoms with Crippen molar-refractivity contribution in [2.45, 2.75) is 25.3 Å². The first-order valence-corrected chi connectivity index (χ1v) is 9.15. The second kappa shape index (κ2) is 7.42. The third-order valence-electron chi connectivity index (χ3n) is 5.02. The zero-order valence-corrected chi connectivity index (χ0v) is 15.0. The van der Waals surface area contributed by atoms with Gasteiger partial charge in [0.15, 0.2) is 11.6 Å². The van der Waals surface area contributed by atoms with E-state index in [2.05, 4.69) is 15.6 Å². The zero-order chi connectivity index (χ0) is 19.7. The maximum atomic E-state index is 14.3. The van der Waals surface area contributed by atoms with Crippen LogP contribution < -0.4 is 10.6 Å². The number of halogens is 2. The molecule has 1 atom stereocenters. The summed E-state index contributed by atoms with van der Waals surface area (Å²) in [5, 5.41) is 5.94. The molecule has 0 aliphatic carbocycles. The molecule has 0 spiro atoms. The number of aryl methyl sites for hydroxylation is 1. The van der Waals surface area contributed by atoms with Gasteiger partial charge in [-0.3, -0.25) is 9.59 Å². The Bertz CT molecular complexity index is 1050. The summed E-state index contributed by atoms with van der Waals surface area (Å²) in [6, 6.07) is 11.4. The Morgan fingerprint density at radius 1 is 1.14 bits per heavy atom. The molecule has 28 heavy (non-hydrogen) atoms. The fourth-order valence-electron chi connectivity index (χ4n) is 3.61. The van der Waals surface area contributed by atoms with Crippen molar-refractivity contribution >= 4 is 22.7 Å². The third-order valence-corrected chi connectivity index (χ3v) is 5.02. The van der Waals surface area contributed by atoms with E-state index in [-0.39, 0.29) is 23.8 Å². The second-order valence-corrected chi connectivity index (χ2v) is 6.83. The van der Waals surface area contributed by atoms with Gasteiger partial charge in [-0.05, 0) is 36.1 Å². The van der Waals surface area contributed by atoms with Gasteiger partial charge in [0.05, 0.1) is 5.52 Å². The van der Waals surface area contributed by atoms with Crippen LogP contribution in [0.25, 0.3) is 22.2 Å². The molecule has 1 fully saturated rings. The second-order valence-electron chi connectivity index (χ2n) is 6.83. The van der Waals surface area contributed by atoms with Crippen molar-refractivity contribution in [1.29, 1.82) is 0 Å². The summed E-state index contributed by atoms with van der Waals surface area (Å²) < 4.78 is 28.0. The Kier molecular flexibility index (Phi) is 4.81. The Morgan fingerprint density at radius 3 is 2.64 bits per heavy atom. The maximum Gasteiger partial charge on any atom is 0.242 e. The molecule has 0 bridgehead atoms. The molecule has 2 aromatic carbocycles. The minimum atomic E-state index is -0.937. The minimum absolute atomic E-state index is 0.0874. The molecule has 1 aliphatic heterocycles. The van der Waals surface area contributed by atoms with E-state index in [1.807, 2.05) is 30.3 Å². The van der Waals surface area contributed by atoms with Gasteiger partial charge in [-0.1, -0.05) is 30.3 Å². The van der Waals surface area contributed by atoms with Crippen molar-refractivity contribution in [3.05, 3.63) is 59.7 Å². The Morgan fingerprint density at radius 2 is 1.93 bits per heavy atom. The van der Waals surface area contributed by atoms with Gasteiger partial charge < -0.3 is 15.6 Å². The van der Waals surface area contributed by atoms with Crippen molar-refractivity contribution < 1.29 is 18.4 Å². The van der Waals surface area contributed by atoms with Crippen molar-refractivity contribution in [2.24, 2.45) is 0 Å². The van der Waals surface area contributed by atoms with E-state index < -0.39 is 17.7 Å². The topological polar surface area (TPSA) is 74.0 Å². The van der Waals surface area contributed by atoms with Crippen LogP contribution in [0, 0.1) is 11.6 Å². The molecule has 4 rings (SSSR count). The lowest BCUT2D eigenvalue weighted by Crippen LogP contribution is -2.40. The number of hydrogen-bond acceptors (Lipinski definition) is 2. The summed E-state index contributed by atoms with van der Waals surface area (Å²) in [6.45, 7) is 0.551. The van der Waals surface area contributed by atoms with Crippen molar-refractivity contribution in [2.75, 3.05) is 6.54 Å². The van der Waals surface area contributed by atoms with Crippen LogP contribution in [0.15, 0.2) is 42.5 Å². The molecular formula is C21H19F2N3O2. The number of aromatic amines is 1. The highest BCUT2D eigenvalue weighted by atomic mass is 19.2. The quantitative estimate of drug-likeness (QED) is 0.634. The highest BCUT2D eigenvalue weighted by Gasteiger charge is 2.26. The number of nitrogens with one attached hydrogen (secondary N) is 3. The van der Waals surface area contributed by atoms with Gasteiger partial charge in [0.1, 0.15) is 6.04 Å². The SMILES string of the molecule is O=C(CCc1c(-c2ccccc2)[nH]c2c(F)c(F)ccc12)NC1CCNC1=O. The zero-order valence-electron chi connectivity index (χ0n) is 15.0.